The molecule has 1 amide bonds. The Bertz CT molecular complexity index is 636. The van der Waals surface area contributed by atoms with Gasteiger partial charge in [0.2, 0.25) is 0 Å². The molecule has 1 aromatic carbocycles. The van der Waals surface area contributed by atoms with Gasteiger partial charge in [0.05, 0.1) is 10.7 Å². The minimum absolute atomic E-state index is 0.224. The van der Waals surface area contributed by atoms with Crippen molar-refractivity contribution in [3.8, 4) is 0 Å². The van der Waals surface area contributed by atoms with E-state index in [9.17, 15) is 4.79 Å². The van der Waals surface area contributed by atoms with Gasteiger partial charge in [-0.2, -0.15) is 0 Å². The normalized spacial score (nSPS) is 15.6. The van der Waals surface area contributed by atoms with Crippen LogP contribution in [0.2, 0.25) is 0 Å². The molecule has 1 aliphatic rings. The van der Waals surface area contributed by atoms with Crippen LogP contribution in [0.25, 0.3) is 0 Å². The maximum Gasteiger partial charge on any atom is 0.410 e. The highest BCUT2D eigenvalue weighted by atomic mass is 32.1. The van der Waals surface area contributed by atoms with Crippen molar-refractivity contribution >= 4 is 17.4 Å². The van der Waals surface area contributed by atoms with Crippen molar-refractivity contribution in [1.29, 1.82) is 0 Å². The fourth-order valence-electron chi connectivity index (χ4n) is 2.61. The monoisotopic (exact) mass is 331 g/mol. The van der Waals surface area contributed by atoms with E-state index in [2.05, 4.69) is 15.3 Å². The summed E-state index contributed by atoms with van der Waals surface area (Å²) in [6.07, 6.45) is -0.224. The van der Waals surface area contributed by atoms with Gasteiger partial charge in [-0.15, -0.1) is 11.3 Å². The number of benzene rings is 1. The molecule has 3 rings (SSSR count). The first-order valence-electron chi connectivity index (χ1n) is 7.80. The Hall–Kier alpha value is -1.92. The van der Waals surface area contributed by atoms with Crippen LogP contribution in [-0.4, -0.2) is 47.1 Å². The van der Waals surface area contributed by atoms with E-state index in [1.54, 1.807) is 16.2 Å². The Morgan fingerprint density at radius 2 is 1.96 bits per heavy atom. The fraction of sp³-hybridized carbons (Fsp3) is 0.412. The quantitative estimate of drug-likeness (QED) is 0.864. The molecule has 1 fully saturated rings. The molecular weight excluding hydrogens is 310 g/mol. The van der Waals surface area contributed by atoms with E-state index in [0.717, 1.165) is 35.9 Å². The Morgan fingerprint density at radius 3 is 2.61 bits per heavy atom. The molecule has 6 heteroatoms. The zero-order valence-electron chi connectivity index (χ0n) is 13.3. The number of piperazine rings is 1. The number of hydrogen-bond acceptors (Lipinski definition) is 5. The van der Waals surface area contributed by atoms with Gasteiger partial charge in [-0.1, -0.05) is 30.3 Å². The van der Waals surface area contributed by atoms with Crippen LogP contribution in [0.15, 0.2) is 35.7 Å². The summed E-state index contributed by atoms with van der Waals surface area (Å²) >= 11 is 1.68. The predicted octanol–water partition coefficient (Wildman–Crippen LogP) is 2.91. The second-order valence-electron chi connectivity index (χ2n) is 5.66. The third kappa shape index (κ3) is 4.53. The van der Waals surface area contributed by atoms with Crippen LogP contribution in [0, 0.1) is 6.92 Å². The summed E-state index contributed by atoms with van der Waals surface area (Å²) < 4.78 is 5.38. The van der Waals surface area contributed by atoms with Crippen LogP contribution in [0.5, 0.6) is 0 Å². The lowest BCUT2D eigenvalue weighted by Crippen LogP contribution is -2.48. The zero-order chi connectivity index (χ0) is 16.1. The molecule has 0 N–H and O–H groups in total. The molecule has 2 aromatic rings. The summed E-state index contributed by atoms with van der Waals surface area (Å²) in [5.74, 6) is 0. The van der Waals surface area contributed by atoms with Gasteiger partial charge in [0, 0.05) is 38.1 Å². The van der Waals surface area contributed by atoms with Crippen molar-refractivity contribution in [3.63, 3.8) is 0 Å². The van der Waals surface area contributed by atoms with Crippen molar-refractivity contribution in [2.75, 3.05) is 26.2 Å². The number of amides is 1. The molecule has 0 atom stereocenters. The van der Waals surface area contributed by atoms with E-state index in [-0.39, 0.29) is 6.09 Å². The molecule has 2 heterocycles. The number of carbonyl (C=O) groups excluding carboxylic acids is 1. The van der Waals surface area contributed by atoms with Crippen LogP contribution in [0.1, 0.15) is 16.3 Å². The Kier molecular flexibility index (Phi) is 5.25. The summed E-state index contributed by atoms with van der Waals surface area (Å²) in [5.41, 5.74) is 2.13. The highest BCUT2D eigenvalue weighted by molar-refractivity contribution is 7.09. The van der Waals surface area contributed by atoms with Gasteiger partial charge in [-0.05, 0) is 12.5 Å². The smallest absolute Gasteiger partial charge is 0.410 e. The number of carbonyl (C=O) groups is 1. The molecule has 5 nitrogen and oxygen atoms in total. The van der Waals surface area contributed by atoms with Crippen LogP contribution in [0.4, 0.5) is 4.79 Å². The molecule has 0 saturated carbocycles. The molecule has 0 unspecified atom stereocenters. The van der Waals surface area contributed by atoms with Gasteiger partial charge in [-0.3, -0.25) is 4.90 Å². The average Bonchev–Trinajstić information content (AvgIpc) is 2.99. The summed E-state index contributed by atoms with van der Waals surface area (Å²) in [4.78, 5) is 20.7. The van der Waals surface area contributed by atoms with Crippen LogP contribution in [-0.2, 0) is 17.9 Å². The van der Waals surface area contributed by atoms with Crippen molar-refractivity contribution in [3.05, 3.63) is 52.0 Å². The van der Waals surface area contributed by atoms with Gasteiger partial charge in [0.25, 0.3) is 0 Å². The van der Waals surface area contributed by atoms with Crippen molar-refractivity contribution in [2.24, 2.45) is 0 Å². The number of thiazole rings is 1. The predicted molar refractivity (Wildman–Crippen MR) is 90.3 cm³/mol. The lowest BCUT2D eigenvalue weighted by atomic mass is 10.2. The van der Waals surface area contributed by atoms with Crippen LogP contribution >= 0.6 is 11.3 Å². The number of ether oxygens (including phenoxy) is 1. The maximum absolute atomic E-state index is 12.1. The van der Waals surface area contributed by atoms with Crippen molar-refractivity contribution in [2.45, 2.75) is 20.1 Å². The summed E-state index contributed by atoms with van der Waals surface area (Å²) in [7, 11) is 0. The van der Waals surface area contributed by atoms with Crippen molar-refractivity contribution < 1.29 is 9.53 Å². The minimum atomic E-state index is -0.224. The molecule has 122 valence electrons. The molecule has 1 aromatic heterocycles. The minimum Gasteiger partial charge on any atom is -0.445 e. The largest absolute Gasteiger partial charge is 0.445 e. The maximum atomic E-state index is 12.1. The second-order valence-corrected chi connectivity index (χ2v) is 6.72. The molecule has 0 aliphatic carbocycles. The third-order valence-corrected chi connectivity index (χ3v) is 4.71. The first-order valence-corrected chi connectivity index (χ1v) is 8.67. The molecular formula is C17H21N3O2S. The average molecular weight is 331 g/mol. The van der Waals surface area contributed by atoms with E-state index in [0.29, 0.717) is 19.7 Å². The van der Waals surface area contributed by atoms with E-state index in [1.165, 1.54) is 0 Å². The topological polar surface area (TPSA) is 45.7 Å². The van der Waals surface area contributed by atoms with Gasteiger partial charge >= 0.3 is 6.09 Å². The standard InChI is InChI=1S/C17H21N3O2S/c1-14-18-16(13-23-14)11-19-7-9-20(10-8-19)17(21)22-12-15-5-3-2-4-6-15/h2-6,13H,7-12H2,1H3. The SMILES string of the molecule is Cc1nc(CN2CCN(C(=O)OCc3ccccc3)CC2)cs1. The lowest BCUT2D eigenvalue weighted by Gasteiger charge is -2.33. The Labute approximate surface area is 140 Å². The third-order valence-electron chi connectivity index (χ3n) is 3.89. The molecule has 0 bridgehead atoms. The molecule has 23 heavy (non-hydrogen) atoms. The van der Waals surface area contributed by atoms with Crippen LogP contribution in [0.3, 0.4) is 0 Å². The molecule has 1 saturated heterocycles. The van der Waals surface area contributed by atoms with Gasteiger partial charge in [-0.25, -0.2) is 9.78 Å². The fourth-order valence-corrected chi connectivity index (χ4v) is 3.21. The Balaban J connectivity index is 1.42. The molecule has 1 aliphatic heterocycles. The first-order chi connectivity index (χ1) is 11.2. The van der Waals surface area contributed by atoms with Gasteiger partial charge in [0.1, 0.15) is 6.61 Å². The van der Waals surface area contributed by atoms with Crippen LogP contribution < -0.4 is 0 Å². The van der Waals surface area contributed by atoms with E-state index in [1.807, 2.05) is 37.3 Å². The lowest BCUT2D eigenvalue weighted by molar-refractivity contribution is 0.0698. The summed E-state index contributed by atoms with van der Waals surface area (Å²) in [6, 6.07) is 9.76. The zero-order valence-corrected chi connectivity index (χ0v) is 14.1. The summed E-state index contributed by atoms with van der Waals surface area (Å²) in [5, 5.41) is 3.21. The summed E-state index contributed by atoms with van der Waals surface area (Å²) in [6.45, 7) is 6.34. The highest BCUT2D eigenvalue weighted by Crippen LogP contribution is 2.13. The van der Waals surface area contributed by atoms with E-state index < -0.39 is 0 Å². The number of hydrogen-bond donors (Lipinski definition) is 0. The number of rotatable bonds is 4. The van der Waals surface area contributed by atoms with Gasteiger partial charge < -0.3 is 9.64 Å². The number of nitrogens with zero attached hydrogens (tertiary/aromatic N) is 3. The highest BCUT2D eigenvalue weighted by Gasteiger charge is 2.22. The van der Waals surface area contributed by atoms with E-state index in [4.69, 9.17) is 4.74 Å². The number of aryl methyl sites for hydroxylation is 1. The van der Waals surface area contributed by atoms with E-state index >= 15 is 0 Å². The van der Waals surface area contributed by atoms with Crippen molar-refractivity contribution in [1.82, 2.24) is 14.8 Å². The molecule has 0 spiro atoms. The second kappa shape index (κ2) is 7.57. The van der Waals surface area contributed by atoms with Gasteiger partial charge in [0.15, 0.2) is 0 Å². The Morgan fingerprint density at radius 1 is 1.22 bits per heavy atom. The molecule has 0 radical (unpaired) electrons. The number of aromatic nitrogens is 1. The first kappa shape index (κ1) is 16.0.